The first-order chi connectivity index (χ1) is 7.57. The highest BCUT2D eigenvalue weighted by atomic mass is 16.5. The first kappa shape index (κ1) is 10.3. The van der Waals surface area contributed by atoms with Gasteiger partial charge in [-0.15, -0.1) is 0 Å². The quantitative estimate of drug-likeness (QED) is 0.729. The summed E-state index contributed by atoms with van der Waals surface area (Å²) in [5, 5.41) is 4.12. The summed E-state index contributed by atoms with van der Waals surface area (Å²) in [5.74, 6) is 4.04. The van der Waals surface area contributed by atoms with Gasteiger partial charge in [-0.3, -0.25) is 0 Å². The average molecular weight is 220 g/mol. The lowest BCUT2D eigenvalue weighted by atomic mass is 9.96. The molecule has 2 saturated carbocycles. The van der Waals surface area contributed by atoms with E-state index in [9.17, 15) is 0 Å². The molecule has 0 spiro atoms. The van der Waals surface area contributed by atoms with Gasteiger partial charge in [0.05, 0.1) is 0 Å². The van der Waals surface area contributed by atoms with Crippen LogP contribution in [0.15, 0.2) is 4.52 Å². The molecular formula is C13H20N2O. The fraction of sp³-hybridized carbons (Fsp3) is 0.846. The van der Waals surface area contributed by atoms with Crippen molar-refractivity contribution in [3.05, 3.63) is 11.7 Å². The number of aromatic nitrogens is 2. The molecule has 2 fully saturated rings. The molecule has 0 bridgehead atoms. The number of nitrogens with zero attached hydrogens (tertiary/aromatic N) is 2. The van der Waals surface area contributed by atoms with Crippen molar-refractivity contribution in [1.29, 1.82) is 0 Å². The third-order valence-corrected chi connectivity index (χ3v) is 4.05. The maximum atomic E-state index is 5.45. The molecule has 16 heavy (non-hydrogen) atoms. The van der Waals surface area contributed by atoms with Crippen LogP contribution in [0.2, 0.25) is 0 Å². The Morgan fingerprint density at radius 1 is 1.12 bits per heavy atom. The Labute approximate surface area is 96.6 Å². The monoisotopic (exact) mass is 220 g/mol. The molecule has 0 unspecified atom stereocenters. The van der Waals surface area contributed by atoms with Crippen LogP contribution in [0.3, 0.4) is 0 Å². The minimum Gasteiger partial charge on any atom is -0.339 e. The first-order valence-electron chi connectivity index (χ1n) is 6.41. The van der Waals surface area contributed by atoms with E-state index in [1.165, 1.54) is 25.7 Å². The minimum absolute atomic E-state index is 0.00180. The van der Waals surface area contributed by atoms with Gasteiger partial charge in [0.1, 0.15) is 0 Å². The van der Waals surface area contributed by atoms with Gasteiger partial charge >= 0.3 is 0 Å². The van der Waals surface area contributed by atoms with E-state index in [2.05, 4.69) is 30.9 Å². The van der Waals surface area contributed by atoms with E-state index in [-0.39, 0.29) is 5.41 Å². The predicted molar refractivity (Wildman–Crippen MR) is 61.2 cm³/mol. The maximum absolute atomic E-state index is 5.45. The van der Waals surface area contributed by atoms with Gasteiger partial charge in [-0.2, -0.15) is 4.98 Å². The van der Waals surface area contributed by atoms with E-state index in [0.29, 0.717) is 5.92 Å². The molecule has 0 radical (unpaired) electrons. The topological polar surface area (TPSA) is 38.9 Å². The van der Waals surface area contributed by atoms with Crippen molar-refractivity contribution in [3.63, 3.8) is 0 Å². The van der Waals surface area contributed by atoms with Gasteiger partial charge in [0, 0.05) is 11.3 Å². The Hall–Kier alpha value is -0.860. The molecule has 0 amide bonds. The summed E-state index contributed by atoms with van der Waals surface area (Å²) in [6.07, 6.45) is 5.50. The zero-order chi connectivity index (χ0) is 11.3. The molecule has 3 nitrogen and oxygen atoms in total. The van der Waals surface area contributed by atoms with Crippen LogP contribution in [0.4, 0.5) is 0 Å². The molecule has 0 aliphatic heterocycles. The van der Waals surface area contributed by atoms with Crippen LogP contribution >= 0.6 is 0 Å². The Morgan fingerprint density at radius 3 is 2.25 bits per heavy atom. The summed E-state index contributed by atoms with van der Waals surface area (Å²) in [6, 6.07) is 0. The second-order valence-corrected chi connectivity index (χ2v) is 6.34. The highest BCUT2D eigenvalue weighted by Gasteiger charge is 2.54. The SMILES string of the molecule is CC(C)(C)c1noc(C2[C@H]3CCCC[C@H]23)n1. The fourth-order valence-corrected chi connectivity index (χ4v) is 3.03. The molecule has 2 aliphatic carbocycles. The molecule has 0 aromatic carbocycles. The summed E-state index contributed by atoms with van der Waals surface area (Å²) in [7, 11) is 0. The molecule has 0 N–H and O–H groups in total. The summed E-state index contributed by atoms with van der Waals surface area (Å²) in [5.41, 5.74) is 0.00180. The lowest BCUT2D eigenvalue weighted by molar-refractivity contribution is 0.358. The summed E-state index contributed by atoms with van der Waals surface area (Å²) < 4.78 is 5.45. The molecule has 2 atom stereocenters. The van der Waals surface area contributed by atoms with Gasteiger partial charge < -0.3 is 4.52 Å². The van der Waals surface area contributed by atoms with Crippen molar-refractivity contribution < 1.29 is 4.52 Å². The molecule has 88 valence electrons. The van der Waals surface area contributed by atoms with Gasteiger partial charge in [-0.25, -0.2) is 0 Å². The third-order valence-electron chi connectivity index (χ3n) is 4.05. The molecule has 1 aromatic rings. The predicted octanol–water partition coefficient (Wildman–Crippen LogP) is 3.27. The first-order valence-corrected chi connectivity index (χ1v) is 6.41. The summed E-state index contributed by atoms with van der Waals surface area (Å²) >= 11 is 0. The standard InChI is InChI=1S/C13H20N2O/c1-13(2,3)12-14-11(16-15-12)10-8-6-4-5-7-9(8)10/h8-10H,4-7H2,1-3H3/t8-,9-/m0/s1. The van der Waals surface area contributed by atoms with Gasteiger partial charge in [0.2, 0.25) is 5.89 Å². The number of hydrogen-bond donors (Lipinski definition) is 0. The van der Waals surface area contributed by atoms with Crippen molar-refractivity contribution in [1.82, 2.24) is 10.1 Å². The van der Waals surface area contributed by atoms with Crippen molar-refractivity contribution in [2.75, 3.05) is 0 Å². The van der Waals surface area contributed by atoms with Gasteiger partial charge in [-0.1, -0.05) is 38.8 Å². The number of rotatable bonds is 1. The normalized spacial score (nSPS) is 33.6. The van der Waals surface area contributed by atoms with Crippen molar-refractivity contribution in [2.24, 2.45) is 11.8 Å². The van der Waals surface area contributed by atoms with Crippen LogP contribution in [0.1, 0.15) is 64.1 Å². The number of fused-ring (bicyclic) bond motifs is 1. The van der Waals surface area contributed by atoms with Crippen LogP contribution in [0, 0.1) is 11.8 Å². The van der Waals surface area contributed by atoms with E-state index in [0.717, 1.165) is 23.6 Å². The average Bonchev–Trinajstić information content (AvgIpc) is 2.72. The molecule has 3 rings (SSSR count). The second-order valence-electron chi connectivity index (χ2n) is 6.34. The molecule has 1 aromatic heterocycles. The molecule has 2 aliphatic rings. The Morgan fingerprint density at radius 2 is 1.75 bits per heavy atom. The Balaban J connectivity index is 1.79. The van der Waals surface area contributed by atoms with E-state index >= 15 is 0 Å². The zero-order valence-corrected chi connectivity index (χ0v) is 10.4. The van der Waals surface area contributed by atoms with Crippen LogP contribution in [0.5, 0.6) is 0 Å². The van der Waals surface area contributed by atoms with Crippen LogP contribution in [-0.2, 0) is 5.41 Å². The van der Waals surface area contributed by atoms with Gasteiger partial charge in [0.25, 0.3) is 0 Å². The van der Waals surface area contributed by atoms with Crippen LogP contribution in [-0.4, -0.2) is 10.1 Å². The molecule has 0 saturated heterocycles. The maximum Gasteiger partial charge on any atom is 0.230 e. The molecular weight excluding hydrogens is 200 g/mol. The fourth-order valence-electron chi connectivity index (χ4n) is 3.03. The van der Waals surface area contributed by atoms with Gasteiger partial charge in [-0.05, 0) is 24.7 Å². The van der Waals surface area contributed by atoms with Crippen LogP contribution < -0.4 is 0 Å². The van der Waals surface area contributed by atoms with E-state index in [1.54, 1.807) is 0 Å². The smallest absolute Gasteiger partial charge is 0.230 e. The van der Waals surface area contributed by atoms with E-state index in [1.807, 2.05) is 0 Å². The second kappa shape index (κ2) is 3.31. The lowest BCUT2D eigenvalue weighted by Crippen LogP contribution is -2.13. The largest absolute Gasteiger partial charge is 0.339 e. The van der Waals surface area contributed by atoms with Gasteiger partial charge in [0.15, 0.2) is 5.82 Å². The van der Waals surface area contributed by atoms with E-state index in [4.69, 9.17) is 4.52 Å². The Bertz CT molecular complexity index is 379. The van der Waals surface area contributed by atoms with Crippen molar-refractivity contribution in [3.8, 4) is 0 Å². The molecule has 1 heterocycles. The Kier molecular flexibility index (Phi) is 2.13. The highest BCUT2D eigenvalue weighted by molar-refractivity contribution is 5.15. The third kappa shape index (κ3) is 1.57. The van der Waals surface area contributed by atoms with Crippen molar-refractivity contribution in [2.45, 2.75) is 57.8 Å². The zero-order valence-electron chi connectivity index (χ0n) is 10.4. The number of hydrogen-bond acceptors (Lipinski definition) is 3. The summed E-state index contributed by atoms with van der Waals surface area (Å²) in [4.78, 5) is 4.59. The van der Waals surface area contributed by atoms with Crippen LogP contribution in [0.25, 0.3) is 0 Å². The lowest BCUT2D eigenvalue weighted by Gasteiger charge is -2.10. The van der Waals surface area contributed by atoms with Crippen molar-refractivity contribution >= 4 is 0 Å². The minimum atomic E-state index is 0.00180. The molecule has 3 heteroatoms. The summed E-state index contributed by atoms with van der Waals surface area (Å²) in [6.45, 7) is 6.38. The van der Waals surface area contributed by atoms with E-state index < -0.39 is 0 Å². The highest BCUT2D eigenvalue weighted by Crippen LogP contribution is 2.60.